The van der Waals surface area contributed by atoms with E-state index in [0.29, 0.717) is 5.92 Å². The van der Waals surface area contributed by atoms with E-state index in [1.165, 1.54) is 27.8 Å². The van der Waals surface area contributed by atoms with E-state index >= 15 is 0 Å². The number of likely N-dealkylation sites (N-methyl/N-ethyl adjacent to an activating group) is 1. The second-order valence-corrected chi connectivity index (χ2v) is 9.87. The molecule has 4 rings (SSSR count). The molecule has 1 saturated heterocycles. The van der Waals surface area contributed by atoms with Gasteiger partial charge in [0.15, 0.2) is 0 Å². The smallest absolute Gasteiger partial charge is 0.101 e. The molecular formula is C31H42N4. The number of amidine groups is 1. The van der Waals surface area contributed by atoms with Gasteiger partial charge in [0.25, 0.3) is 0 Å². The molecule has 0 N–H and O–H groups in total. The highest BCUT2D eigenvalue weighted by Crippen LogP contribution is 2.44. The lowest BCUT2D eigenvalue weighted by Gasteiger charge is -2.36. The van der Waals surface area contributed by atoms with Gasteiger partial charge < -0.3 is 9.80 Å². The van der Waals surface area contributed by atoms with Gasteiger partial charge in [0.2, 0.25) is 0 Å². The summed E-state index contributed by atoms with van der Waals surface area (Å²) in [6.45, 7) is 22.3. The Morgan fingerprint density at radius 3 is 2.34 bits per heavy atom. The molecule has 0 aromatic heterocycles. The van der Waals surface area contributed by atoms with Crippen LogP contribution in [0.1, 0.15) is 55.4 Å². The van der Waals surface area contributed by atoms with Crippen LogP contribution in [0.3, 0.4) is 0 Å². The van der Waals surface area contributed by atoms with Crippen LogP contribution in [0.4, 0.5) is 0 Å². The number of aryl methyl sites for hydroxylation is 1. The van der Waals surface area contributed by atoms with Crippen LogP contribution in [0.25, 0.3) is 5.57 Å². The summed E-state index contributed by atoms with van der Waals surface area (Å²) in [6.07, 6.45) is 3.03. The highest BCUT2D eigenvalue weighted by Gasteiger charge is 2.27. The molecule has 4 heteroatoms. The van der Waals surface area contributed by atoms with Crippen molar-refractivity contribution in [2.45, 2.75) is 40.0 Å². The molecule has 2 aromatic rings. The molecule has 1 aliphatic carbocycles. The number of benzene rings is 2. The van der Waals surface area contributed by atoms with E-state index in [1.807, 2.05) is 0 Å². The molecule has 4 nitrogen and oxygen atoms in total. The summed E-state index contributed by atoms with van der Waals surface area (Å²) in [4.78, 5) is 12.5. The van der Waals surface area contributed by atoms with Crippen molar-refractivity contribution in [2.24, 2.45) is 4.99 Å². The number of allylic oxidation sites excluding steroid dienone is 2. The predicted molar refractivity (Wildman–Crippen MR) is 150 cm³/mol. The van der Waals surface area contributed by atoms with E-state index in [9.17, 15) is 0 Å². The Labute approximate surface area is 212 Å². The van der Waals surface area contributed by atoms with E-state index in [2.05, 4.69) is 104 Å². The minimum atomic E-state index is 0.342. The zero-order valence-corrected chi connectivity index (χ0v) is 22.1. The summed E-state index contributed by atoms with van der Waals surface area (Å²) in [6, 6.07) is 17.5. The van der Waals surface area contributed by atoms with Crippen LogP contribution in [0.2, 0.25) is 0 Å². The van der Waals surface area contributed by atoms with Crippen molar-refractivity contribution in [3.8, 4) is 0 Å². The van der Waals surface area contributed by atoms with Gasteiger partial charge in [0, 0.05) is 51.4 Å². The third-order valence-electron chi connectivity index (χ3n) is 7.90. The molecule has 35 heavy (non-hydrogen) atoms. The van der Waals surface area contributed by atoms with Crippen LogP contribution in [-0.2, 0) is 0 Å². The summed E-state index contributed by atoms with van der Waals surface area (Å²) in [5, 5.41) is 0. The van der Waals surface area contributed by atoms with Crippen molar-refractivity contribution in [1.82, 2.24) is 14.7 Å². The lowest BCUT2D eigenvalue weighted by atomic mass is 9.74. The number of rotatable bonds is 7. The topological polar surface area (TPSA) is 22.1 Å². The Hall–Kier alpha value is -2.69. The molecule has 1 aliphatic heterocycles. The molecule has 0 saturated carbocycles. The van der Waals surface area contributed by atoms with Gasteiger partial charge in [-0.05, 0) is 66.8 Å². The molecule has 186 valence electrons. The number of nitrogens with zero attached hydrogens (tertiary/aromatic N) is 4. The summed E-state index contributed by atoms with van der Waals surface area (Å²) in [5.74, 6) is 1.45. The highest BCUT2D eigenvalue weighted by atomic mass is 15.3. The first-order chi connectivity index (χ1) is 17.0. The Kier molecular flexibility index (Phi) is 8.59. The summed E-state index contributed by atoms with van der Waals surface area (Å²) in [5.41, 5.74) is 7.74. The predicted octanol–water partition coefficient (Wildman–Crippen LogP) is 5.81. The first-order valence-corrected chi connectivity index (χ1v) is 13.3. The molecule has 2 aromatic carbocycles. The SMILES string of the molecule is C=C1/C(=C\N=C(C)N2CCN(CCN(CC)CC)CC2)CC(c2ccccc2C)c2ccccc21. The van der Waals surface area contributed by atoms with Crippen molar-refractivity contribution in [1.29, 1.82) is 0 Å². The molecule has 0 bridgehead atoms. The largest absolute Gasteiger partial charge is 0.358 e. The molecule has 0 radical (unpaired) electrons. The van der Waals surface area contributed by atoms with Gasteiger partial charge in [0.05, 0.1) is 0 Å². The first-order valence-electron chi connectivity index (χ1n) is 13.3. The van der Waals surface area contributed by atoms with E-state index in [-0.39, 0.29) is 0 Å². The third kappa shape index (κ3) is 5.94. The van der Waals surface area contributed by atoms with E-state index in [4.69, 9.17) is 4.99 Å². The van der Waals surface area contributed by atoms with E-state index in [0.717, 1.165) is 70.2 Å². The van der Waals surface area contributed by atoms with Crippen LogP contribution in [0.15, 0.2) is 71.9 Å². The van der Waals surface area contributed by atoms with E-state index in [1.54, 1.807) is 0 Å². The van der Waals surface area contributed by atoms with Gasteiger partial charge in [-0.2, -0.15) is 0 Å². The fourth-order valence-corrected chi connectivity index (χ4v) is 5.46. The number of aliphatic imine (C=N–C) groups is 1. The van der Waals surface area contributed by atoms with Crippen LogP contribution in [0.5, 0.6) is 0 Å². The maximum atomic E-state index is 4.96. The Morgan fingerprint density at radius 2 is 1.66 bits per heavy atom. The average molecular weight is 471 g/mol. The van der Waals surface area contributed by atoms with Crippen molar-refractivity contribution >= 4 is 11.4 Å². The molecule has 1 atom stereocenters. The van der Waals surface area contributed by atoms with Crippen LogP contribution in [0, 0.1) is 6.92 Å². The average Bonchev–Trinajstić information content (AvgIpc) is 2.90. The van der Waals surface area contributed by atoms with Crippen LogP contribution in [-0.4, -0.2) is 72.9 Å². The molecule has 2 aliphatic rings. The quantitative estimate of drug-likeness (QED) is 0.377. The van der Waals surface area contributed by atoms with Crippen molar-refractivity contribution in [2.75, 3.05) is 52.4 Å². The lowest BCUT2D eigenvalue weighted by Crippen LogP contribution is -2.49. The zero-order valence-electron chi connectivity index (χ0n) is 22.1. The molecule has 0 amide bonds. The lowest BCUT2D eigenvalue weighted by molar-refractivity contribution is 0.158. The monoisotopic (exact) mass is 470 g/mol. The molecule has 0 spiro atoms. The van der Waals surface area contributed by atoms with Gasteiger partial charge in [-0.25, -0.2) is 4.99 Å². The second kappa shape index (κ2) is 11.8. The van der Waals surface area contributed by atoms with Gasteiger partial charge in [-0.15, -0.1) is 0 Å². The fourth-order valence-electron chi connectivity index (χ4n) is 5.46. The van der Waals surface area contributed by atoms with Crippen molar-refractivity contribution < 1.29 is 0 Å². The highest BCUT2D eigenvalue weighted by molar-refractivity contribution is 5.84. The van der Waals surface area contributed by atoms with Crippen LogP contribution < -0.4 is 0 Å². The first kappa shape index (κ1) is 25.4. The molecule has 1 fully saturated rings. The minimum Gasteiger partial charge on any atom is -0.358 e. The molecule has 1 unspecified atom stereocenters. The van der Waals surface area contributed by atoms with Crippen molar-refractivity contribution in [3.05, 3.63) is 89.1 Å². The summed E-state index contributed by atoms with van der Waals surface area (Å²) in [7, 11) is 0. The number of hydrogen-bond donors (Lipinski definition) is 0. The maximum absolute atomic E-state index is 4.96. The van der Waals surface area contributed by atoms with Gasteiger partial charge >= 0.3 is 0 Å². The normalized spacial score (nSPS) is 20.5. The number of hydrogen-bond acceptors (Lipinski definition) is 3. The standard InChI is InChI=1S/C31H42N4/c1-6-33(7-2)16-17-34-18-20-35(21-19-34)26(5)32-23-27-22-31(28-13-9-8-12-24(28)3)30-15-11-10-14-29(30)25(27)4/h8-15,23,31H,4,6-7,16-22H2,1-3,5H3/b27-23-,32-26?. The second-order valence-electron chi connectivity index (χ2n) is 9.87. The summed E-state index contributed by atoms with van der Waals surface area (Å²) < 4.78 is 0. The van der Waals surface area contributed by atoms with Crippen molar-refractivity contribution in [3.63, 3.8) is 0 Å². The summed E-state index contributed by atoms with van der Waals surface area (Å²) >= 11 is 0. The number of fused-ring (bicyclic) bond motifs is 1. The molecular weight excluding hydrogens is 428 g/mol. The Bertz CT molecular complexity index is 1070. The third-order valence-corrected chi connectivity index (χ3v) is 7.90. The van der Waals surface area contributed by atoms with Crippen LogP contribution >= 0.6 is 0 Å². The maximum Gasteiger partial charge on any atom is 0.101 e. The Morgan fingerprint density at radius 1 is 1.00 bits per heavy atom. The fraction of sp³-hybridized carbons (Fsp3) is 0.452. The van der Waals surface area contributed by atoms with Gasteiger partial charge in [-0.3, -0.25) is 4.90 Å². The molecule has 1 heterocycles. The minimum absolute atomic E-state index is 0.342. The van der Waals surface area contributed by atoms with E-state index < -0.39 is 0 Å². The zero-order chi connectivity index (χ0) is 24.8. The van der Waals surface area contributed by atoms with Gasteiger partial charge in [-0.1, -0.05) is 69.0 Å². The number of piperazine rings is 1. The van der Waals surface area contributed by atoms with Gasteiger partial charge in [0.1, 0.15) is 5.84 Å². The Balaban J connectivity index is 1.46.